The number of piperazine rings is 1. The zero-order valence-electron chi connectivity index (χ0n) is 16.5. The fourth-order valence-corrected chi connectivity index (χ4v) is 3.80. The molecule has 6 heteroatoms. The number of benzene rings is 1. The number of rotatable bonds is 3. The average Bonchev–Trinajstić information content (AvgIpc) is 3.13. The number of carbonyl (C=O) groups is 1. The first-order valence-corrected chi connectivity index (χ1v) is 9.56. The third-order valence-electron chi connectivity index (χ3n) is 5.64. The lowest BCUT2D eigenvalue weighted by Crippen LogP contribution is -2.48. The molecule has 2 aromatic rings. The van der Waals surface area contributed by atoms with Crippen LogP contribution in [0.3, 0.4) is 0 Å². The van der Waals surface area contributed by atoms with Crippen molar-refractivity contribution >= 4 is 5.91 Å². The van der Waals surface area contributed by atoms with Gasteiger partial charge in [0.15, 0.2) is 0 Å². The molecule has 0 N–H and O–H groups in total. The van der Waals surface area contributed by atoms with Crippen molar-refractivity contribution in [2.75, 3.05) is 32.8 Å². The zero-order chi connectivity index (χ0) is 19.2. The molecule has 1 saturated heterocycles. The molecule has 1 aromatic heterocycles. The minimum atomic E-state index is -0.0450. The van der Waals surface area contributed by atoms with Gasteiger partial charge in [0.25, 0.3) is 5.91 Å². The van der Waals surface area contributed by atoms with Crippen LogP contribution in [-0.4, -0.2) is 53.5 Å². The second kappa shape index (κ2) is 6.68. The smallest absolute Gasteiger partial charge is 0.257 e. The van der Waals surface area contributed by atoms with E-state index in [1.54, 1.807) is 0 Å². The maximum absolute atomic E-state index is 13.1. The van der Waals surface area contributed by atoms with E-state index in [1.165, 1.54) is 0 Å². The molecule has 0 bridgehead atoms. The highest BCUT2D eigenvalue weighted by Gasteiger charge is 2.35. The van der Waals surface area contributed by atoms with Gasteiger partial charge >= 0.3 is 0 Å². The summed E-state index contributed by atoms with van der Waals surface area (Å²) in [4.78, 5) is 21.7. The lowest BCUT2D eigenvalue weighted by atomic mass is 9.86. The van der Waals surface area contributed by atoms with Crippen LogP contribution in [0.5, 0.6) is 5.75 Å². The third kappa shape index (κ3) is 3.34. The first-order chi connectivity index (χ1) is 12.8. The topological polar surface area (TPSA) is 58.8 Å². The molecule has 0 atom stereocenters. The first-order valence-electron chi connectivity index (χ1n) is 9.56. The molecular weight excluding hydrogens is 342 g/mol. The quantitative estimate of drug-likeness (QED) is 0.833. The average molecular weight is 369 g/mol. The molecule has 0 saturated carbocycles. The van der Waals surface area contributed by atoms with E-state index >= 15 is 0 Å². The highest BCUT2D eigenvalue weighted by Crippen LogP contribution is 2.40. The summed E-state index contributed by atoms with van der Waals surface area (Å²) in [5, 5.41) is 0. The van der Waals surface area contributed by atoms with E-state index in [-0.39, 0.29) is 11.3 Å². The molecule has 27 heavy (non-hydrogen) atoms. The molecule has 4 rings (SSSR count). The summed E-state index contributed by atoms with van der Waals surface area (Å²) in [6.07, 6.45) is 0. The number of carbonyl (C=O) groups excluding carboxylic acids is 1. The van der Waals surface area contributed by atoms with Crippen molar-refractivity contribution in [1.29, 1.82) is 0 Å². The Kier molecular flexibility index (Phi) is 4.46. The van der Waals surface area contributed by atoms with Crippen LogP contribution in [0.2, 0.25) is 0 Å². The number of para-hydroxylation sites is 1. The number of amides is 1. The van der Waals surface area contributed by atoms with E-state index < -0.39 is 0 Å². The van der Waals surface area contributed by atoms with Gasteiger partial charge in [-0.3, -0.25) is 9.69 Å². The lowest BCUT2D eigenvalue weighted by molar-refractivity contribution is 0.0614. The van der Waals surface area contributed by atoms with Crippen molar-refractivity contribution in [2.45, 2.75) is 39.7 Å². The van der Waals surface area contributed by atoms with Crippen LogP contribution < -0.4 is 4.74 Å². The van der Waals surface area contributed by atoms with Gasteiger partial charge in [-0.2, -0.15) is 0 Å². The summed E-state index contributed by atoms with van der Waals surface area (Å²) >= 11 is 0. The Labute approximate surface area is 160 Å². The van der Waals surface area contributed by atoms with E-state index in [4.69, 9.17) is 9.15 Å². The zero-order valence-corrected chi connectivity index (χ0v) is 16.5. The van der Waals surface area contributed by atoms with Gasteiger partial charge in [0, 0.05) is 37.2 Å². The molecule has 2 aliphatic rings. The van der Waals surface area contributed by atoms with Crippen molar-refractivity contribution in [3.63, 3.8) is 0 Å². The van der Waals surface area contributed by atoms with Crippen molar-refractivity contribution < 1.29 is 13.9 Å². The second-order valence-corrected chi connectivity index (χ2v) is 8.17. The Morgan fingerprint density at radius 2 is 1.93 bits per heavy atom. The standard InChI is InChI=1S/C21H27N3O3/c1-14-15(2)27-18(22-14)12-23-8-10-24(11-9-23)20(25)16-6-5-7-17-19(16)26-13-21(17,3)4/h5-7H,8-13H2,1-4H3. The summed E-state index contributed by atoms with van der Waals surface area (Å²) in [6.45, 7) is 12.5. The Morgan fingerprint density at radius 3 is 2.59 bits per heavy atom. The summed E-state index contributed by atoms with van der Waals surface area (Å²) in [6, 6.07) is 5.91. The SMILES string of the molecule is Cc1nc(CN2CCN(C(=O)c3cccc4c3OCC4(C)C)CC2)oc1C. The number of hydrogen-bond donors (Lipinski definition) is 0. The summed E-state index contributed by atoms with van der Waals surface area (Å²) in [5.41, 5.74) is 2.71. The van der Waals surface area contributed by atoms with Crippen LogP contribution in [0.15, 0.2) is 22.6 Å². The molecule has 144 valence electrons. The Morgan fingerprint density at radius 1 is 1.19 bits per heavy atom. The molecular formula is C21H27N3O3. The van der Waals surface area contributed by atoms with E-state index in [9.17, 15) is 4.79 Å². The number of ether oxygens (including phenoxy) is 1. The van der Waals surface area contributed by atoms with Gasteiger partial charge in [0.05, 0.1) is 24.4 Å². The van der Waals surface area contributed by atoms with Crippen molar-refractivity contribution in [3.8, 4) is 5.75 Å². The van der Waals surface area contributed by atoms with E-state index in [0.717, 1.165) is 41.7 Å². The minimum absolute atomic E-state index is 0.0450. The fourth-order valence-electron chi connectivity index (χ4n) is 3.80. The van der Waals surface area contributed by atoms with Gasteiger partial charge < -0.3 is 14.1 Å². The number of aromatic nitrogens is 1. The van der Waals surface area contributed by atoms with Crippen LogP contribution >= 0.6 is 0 Å². The van der Waals surface area contributed by atoms with Gasteiger partial charge in [0.2, 0.25) is 5.89 Å². The molecule has 1 fully saturated rings. The fraction of sp³-hybridized carbons (Fsp3) is 0.524. The largest absolute Gasteiger partial charge is 0.492 e. The molecule has 2 aliphatic heterocycles. The maximum atomic E-state index is 13.1. The van der Waals surface area contributed by atoms with Gasteiger partial charge in [-0.1, -0.05) is 26.0 Å². The molecule has 0 unspecified atom stereocenters. The van der Waals surface area contributed by atoms with Crippen LogP contribution in [0.25, 0.3) is 0 Å². The molecule has 3 heterocycles. The van der Waals surface area contributed by atoms with Gasteiger partial charge in [-0.05, 0) is 19.9 Å². The Bertz CT molecular complexity index is 844. The third-order valence-corrected chi connectivity index (χ3v) is 5.64. The molecule has 0 aliphatic carbocycles. The van der Waals surface area contributed by atoms with Gasteiger partial charge in [-0.15, -0.1) is 0 Å². The highest BCUT2D eigenvalue weighted by molar-refractivity contribution is 5.97. The molecule has 1 aromatic carbocycles. The lowest BCUT2D eigenvalue weighted by Gasteiger charge is -2.34. The van der Waals surface area contributed by atoms with Crippen LogP contribution in [0.1, 0.15) is 47.1 Å². The minimum Gasteiger partial charge on any atom is -0.492 e. The summed E-state index contributed by atoms with van der Waals surface area (Å²) in [5.74, 6) is 2.45. The second-order valence-electron chi connectivity index (χ2n) is 8.17. The first kappa shape index (κ1) is 18.0. The predicted octanol–water partition coefficient (Wildman–Crippen LogP) is 2.92. The summed E-state index contributed by atoms with van der Waals surface area (Å²) < 4.78 is 11.6. The van der Waals surface area contributed by atoms with E-state index in [2.05, 4.69) is 29.8 Å². The predicted molar refractivity (Wildman–Crippen MR) is 102 cm³/mol. The van der Waals surface area contributed by atoms with Crippen LogP contribution in [0.4, 0.5) is 0 Å². The Balaban J connectivity index is 1.42. The molecule has 1 amide bonds. The molecule has 0 radical (unpaired) electrons. The monoisotopic (exact) mass is 369 g/mol. The van der Waals surface area contributed by atoms with Crippen molar-refractivity contribution in [1.82, 2.24) is 14.8 Å². The molecule has 6 nitrogen and oxygen atoms in total. The van der Waals surface area contributed by atoms with Crippen LogP contribution in [0, 0.1) is 13.8 Å². The molecule has 0 spiro atoms. The highest BCUT2D eigenvalue weighted by atomic mass is 16.5. The number of aryl methyl sites for hydroxylation is 2. The van der Waals surface area contributed by atoms with E-state index in [0.29, 0.717) is 31.8 Å². The van der Waals surface area contributed by atoms with Crippen molar-refractivity contribution in [3.05, 3.63) is 46.7 Å². The number of oxazole rings is 1. The number of hydrogen-bond acceptors (Lipinski definition) is 5. The maximum Gasteiger partial charge on any atom is 0.257 e. The normalized spacial score (nSPS) is 19.0. The number of nitrogens with zero attached hydrogens (tertiary/aromatic N) is 3. The van der Waals surface area contributed by atoms with Gasteiger partial charge in [0.1, 0.15) is 11.5 Å². The van der Waals surface area contributed by atoms with E-state index in [1.807, 2.05) is 30.9 Å². The van der Waals surface area contributed by atoms with Crippen LogP contribution in [-0.2, 0) is 12.0 Å². The van der Waals surface area contributed by atoms with Gasteiger partial charge in [-0.25, -0.2) is 4.98 Å². The summed E-state index contributed by atoms with van der Waals surface area (Å²) in [7, 11) is 0. The van der Waals surface area contributed by atoms with Crippen molar-refractivity contribution in [2.24, 2.45) is 0 Å². The number of fused-ring (bicyclic) bond motifs is 1. The Hall–Kier alpha value is -2.34.